The van der Waals surface area contributed by atoms with Crippen molar-refractivity contribution in [3.05, 3.63) is 35.9 Å². The number of nitrogens with zero attached hydrogens (tertiary/aromatic N) is 4. The number of carbonyl (C=O) groups excluding carboxylic acids is 1. The molecule has 3 rings (SSSR count). The first-order chi connectivity index (χ1) is 14.3. The molecule has 29 heavy (non-hydrogen) atoms. The highest BCUT2D eigenvalue weighted by molar-refractivity contribution is 5.80. The molecule has 0 unspecified atom stereocenters. The molecule has 0 saturated carbocycles. The van der Waals surface area contributed by atoms with Crippen LogP contribution in [-0.4, -0.2) is 106 Å². The Morgan fingerprint density at radius 1 is 1.07 bits per heavy atom. The molecule has 0 aliphatic carbocycles. The first-order valence-corrected chi connectivity index (χ1v) is 10.4. The smallest absolute Gasteiger partial charge is 0.236 e. The quantitative estimate of drug-likeness (QED) is 0.400. The van der Waals surface area contributed by atoms with Crippen LogP contribution in [0, 0.1) is 0 Å². The molecule has 0 radical (unpaired) electrons. The fourth-order valence-electron chi connectivity index (χ4n) is 3.55. The minimum atomic E-state index is 0.208. The van der Waals surface area contributed by atoms with Crippen LogP contribution in [0.4, 0.5) is 0 Å². The van der Waals surface area contributed by atoms with Gasteiger partial charge in [-0.3, -0.25) is 14.7 Å². The minimum absolute atomic E-state index is 0.208. The van der Waals surface area contributed by atoms with Crippen LogP contribution in [0.1, 0.15) is 5.56 Å². The van der Waals surface area contributed by atoms with Crippen LogP contribution in [0.3, 0.4) is 0 Å². The Morgan fingerprint density at radius 2 is 1.79 bits per heavy atom. The van der Waals surface area contributed by atoms with Gasteiger partial charge >= 0.3 is 0 Å². The van der Waals surface area contributed by atoms with Crippen molar-refractivity contribution in [1.29, 1.82) is 0 Å². The third-order valence-corrected chi connectivity index (χ3v) is 5.25. The molecule has 8 heteroatoms. The lowest BCUT2D eigenvalue weighted by Gasteiger charge is -2.37. The standard InChI is InChI=1S/C21H33N5O3/c1-22-21(23-7-14-29-18-19-5-3-2-4-6-19)26-10-8-24(9-11-26)17-20(27)25-12-15-28-16-13-25/h2-6H,7-18H2,1H3,(H,22,23). The second-order valence-corrected chi connectivity index (χ2v) is 7.27. The average molecular weight is 404 g/mol. The van der Waals surface area contributed by atoms with Crippen molar-refractivity contribution in [3.8, 4) is 0 Å². The van der Waals surface area contributed by atoms with Gasteiger partial charge in [-0.25, -0.2) is 0 Å². The van der Waals surface area contributed by atoms with Gasteiger partial charge in [0.2, 0.25) is 5.91 Å². The number of ether oxygens (including phenoxy) is 2. The molecule has 8 nitrogen and oxygen atoms in total. The van der Waals surface area contributed by atoms with Gasteiger partial charge < -0.3 is 24.6 Å². The summed E-state index contributed by atoms with van der Waals surface area (Å²) in [5, 5.41) is 3.38. The lowest BCUT2D eigenvalue weighted by molar-refractivity contribution is -0.136. The second kappa shape index (κ2) is 11.7. The van der Waals surface area contributed by atoms with Crippen LogP contribution in [0.25, 0.3) is 0 Å². The van der Waals surface area contributed by atoms with Crippen molar-refractivity contribution in [1.82, 2.24) is 20.0 Å². The Morgan fingerprint density at radius 3 is 2.48 bits per heavy atom. The monoisotopic (exact) mass is 403 g/mol. The summed E-state index contributed by atoms with van der Waals surface area (Å²) in [6.45, 7) is 8.63. The summed E-state index contributed by atoms with van der Waals surface area (Å²) in [4.78, 5) is 23.2. The van der Waals surface area contributed by atoms with E-state index in [0.29, 0.717) is 46.1 Å². The maximum Gasteiger partial charge on any atom is 0.236 e. The van der Waals surface area contributed by atoms with Crippen molar-refractivity contribution in [2.45, 2.75) is 6.61 Å². The molecular formula is C21H33N5O3. The number of nitrogens with one attached hydrogen (secondary N) is 1. The molecule has 1 amide bonds. The second-order valence-electron chi connectivity index (χ2n) is 7.27. The number of rotatable bonds is 7. The van der Waals surface area contributed by atoms with Crippen molar-refractivity contribution >= 4 is 11.9 Å². The van der Waals surface area contributed by atoms with Crippen LogP contribution in [0.5, 0.6) is 0 Å². The number of hydrogen-bond donors (Lipinski definition) is 1. The molecule has 2 fully saturated rings. The molecule has 0 bridgehead atoms. The first kappa shape index (κ1) is 21.5. The van der Waals surface area contributed by atoms with Gasteiger partial charge in [-0.05, 0) is 5.56 Å². The Kier molecular flexibility index (Phi) is 8.73. The molecule has 2 heterocycles. The van der Waals surface area contributed by atoms with E-state index in [0.717, 1.165) is 38.7 Å². The molecule has 1 N–H and O–H groups in total. The number of benzene rings is 1. The molecule has 1 aromatic rings. The van der Waals surface area contributed by atoms with Crippen molar-refractivity contribution in [3.63, 3.8) is 0 Å². The van der Waals surface area contributed by atoms with E-state index in [9.17, 15) is 4.79 Å². The SMILES string of the molecule is CN=C(NCCOCc1ccccc1)N1CCN(CC(=O)N2CCOCC2)CC1. The fraction of sp³-hybridized carbons (Fsp3) is 0.619. The summed E-state index contributed by atoms with van der Waals surface area (Å²) < 4.78 is 11.0. The van der Waals surface area contributed by atoms with Crippen molar-refractivity contribution in [2.24, 2.45) is 4.99 Å². The van der Waals surface area contributed by atoms with E-state index in [4.69, 9.17) is 9.47 Å². The van der Waals surface area contributed by atoms with Gasteiger partial charge in [-0.2, -0.15) is 0 Å². The first-order valence-electron chi connectivity index (χ1n) is 10.4. The molecule has 0 spiro atoms. The topological polar surface area (TPSA) is 69.6 Å². The lowest BCUT2D eigenvalue weighted by Crippen LogP contribution is -2.55. The third-order valence-electron chi connectivity index (χ3n) is 5.25. The zero-order valence-electron chi connectivity index (χ0n) is 17.4. The number of amides is 1. The molecular weight excluding hydrogens is 370 g/mol. The Hall–Kier alpha value is -2.16. The van der Waals surface area contributed by atoms with Gasteiger partial charge in [0.1, 0.15) is 0 Å². The zero-order chi connectivity index (χ0) is 20.3. The van der Waals surface area contributed by atoms with Crippen molar-refractivity contribution < 1.29 is 14.3 Å². The Labute approximate surface area is 173 Å². The predicted octanol–water partition coefficient (Wildman–Crippen LogP) is 0.255. The molecule has 2 saturated heterocycles. The van der Waals surface area contributed by atoms with E-state index < -0.39 is 0 Å². The minimum Gasteiger partial charge on any atom is -0.378 e. The maximum atomic E-state index is 12.4. The van der Waals surface area contributed by atoms with Gasteiger partial charge in [0.15, 0.2) is 5.96 Å². The number of morpholine rings is 1. The number of hydrogen-bond acceptors (Lipinski definition) is 5. The summed E-state index contributed by atoms with van der Waals surface area (Å²) >= 11 is 0. The van der Waals surface area contributed by atoms with Crippen molar-refractivity contribution in [2.75, 3.05) is 79.2 Å². The van der Waals surface area contributed by atoms with E-state index >= 15 is 0 Å². The summed E-state index contributed by atoms with van der Waals surface area (Å²) in [6, 6.07) is 10.2. The Bertz CT molecular complexity index is 641. The highest BCUT2D eigenvalue weighted by atomic mass is 16.5. The normalized spacial score (nSPS) is 18.7. The highest BCUT2D eigenvalue weighted by Gasteiger charge is 2.24. The largest absolute Gasteiger partial charge is 0.378 e. The van der Waals surface area contributed by atoms with Gasteiger partial charge in [0.05, 0.1) is 33.0 Å². The molecule has 0 aromatic heterocycles. The zero-order valence-corrected chi connectivity index (χ0v) is 17.4. The predicted molar refractivity (Wildman–Crippen MR) is 113 cm³/mol. The molecule has 2 aliphatic heterocycles. The van der Waals surface area contributed by atoms with Crippen LogP contribution in [0.2, 0.25) is 0 Å². The van der Waals surface area contributed by atoms with Crippen LogP contribution < -0.4 is 5.32 Å². The number of carbonyl (C=O) groups is 1. The van der Waals surface area contributed by atoms with Crippen LogP contribution >= 0.6 is 0 Å². The number of aliphatic imine (C=N–C) groups is 1. The van der Waals surface area contributed by atoms with E-state index in [2.05, 4.69) is 32.2 Å². The van der Waals surface area contributed by atoms with E-state index in [1.54, 1.807) is 0 Å². The van der Waals surface area contributed by atoms with Gasteiger partial charge in [-0.15, -0.1) is 0 Å². The summed E-state index contributed by atoms with van der Waals surface area (Å²) in [7, 11) is 1.81. The van der Waals surface area contributed by atoms with Gasteiger partial charge in [0, 0.05) is 52.9 Å². The maximum absolute atomic E-state index is 12.4. The molecule has 0 atom stereocenters. The Balaban J connectivity index is 1.31. The fourth-order valence-corrected chi connectivity index (χ4v) is 3.55. The van der Waals surface area contributed by atoms with E-state index in [1.807, 2.05) is 30.1 Å². The number of guanidine groups is 1. The summed E-state index contributed by atoms with van der Waals surface area (Å²) in [5.41, 5.74) is 1.18. The summed E-state index contributed by atoms with van der Waals surface area (Å²) in [5.74, 6) is 1.10. The van der Waals surface area contributed by atoms with Crippen LogP contribution in [0.15, 0.2) is 35.3 Å². The summed E-state index contributed by atoms with van der Waals surface area (Å²) in [6.07, 6.45) is 0. The lowest BCUT2D eigenvalue weighted by atomic mass is 10.2. The molecule has 2 aliphatic rings. The number of piperazine rings is 1. The van der Waals surface area contributed by atoms with E-state index in [1.165, 1.54) is 5.56 Å². The van der Waals surface area contributed by atoms with Crippen LogP contribution in [-0.2, 0) is 20.9 Å². The molecule has 1 aromatic carbocycles. The molecule has 160 valence electrons. The van der Waals surface area contributed by atoms with Gasteiger partial charge in [-0.1, -0.05) is 30.3 Å². The average Bonchev–Trinajstić information content (AvgIpc) is 2.78. The third kappa shape index (κ3) is 6.99. The van der Waals surface area contributed by atoms with Gasteiger partial charge in [0.25, 0.3) is 0 Å². The van der Waals surface area contributed by atoms with E-state index in [-0.39, 0.29) is 5.91 Å². The highest BCUT2D eigenvalue weighted by Crippen LogP contribution is 2.05.